The molecule has 2 heterocycles. The lowest BCUT2D eigenvalue weighted by molar-refractivity contribution is 0.143. The van der Waals surface area contributed by atoms with Crippen LogP contribution in [0.25, 0.3) is 0 Å². The molecule has 0 saturated carbocycles. The Morgan fingerprint density at radius 1 is 0.897 bits per heavy atom. The Morgan fingerprint density at radius 3 is 2.03 bits per heavy atom. The van der Waals surface area contributed by atoms with Crippen LogP contribution >= 0.6 is 0 Å². The molecule has 8 nitrogen and oxygen atoms in total. The number of rotatable bonds is 2. The molecule has 2 N–H and O–H groups in total. The van der Waals surface area contributed by atoms with E-state index in [9.17, 15) is 9.59 Å². The third-order valence-electron chi connectivity index (χ3n) is 5.63. The number of nitrogens with zero attached hydrogens (tertiary/aromatic N) is 2. The van der Waals surface area contributed by atoms with E-state index in [4.69, 9.17) is 9.47 Å². The highest BCUT2D eigenvalue weighted by Gasteiger charge is 2.24. The van der Waals surface area contributed by atoms with E-state index in [0.29, 0.717) is 50.9 Å². The molecule has 0 radical (unpaired) electrons. The largest absolute Gasteiger partial charge is 0.380 e. The number of amides is 4. The first-order chi connectivity index (χ1) is 14.0. The van der Waals surface area contributed by atoms with Crippen molar-refractivity contribution < 1.29 is 19.1 Å². The summed E-state index contributed by atoms with van der Waals surface area (Å²) in [4.78, 5) is 29.1. The molecule has 2 fully saturated rings. The highest BCUT2D eigenvalue weighted by atomic mass is 16.5. The van der Waals surface area contributed by atoms with Gasteiger partial charge in [0, 0.05) is 49.8 Å². The zero-order valence-electron chi connectivity index (χ0n) is 17.6. The number of aryl methyl sites for hydroxylation is 1. The number of urea groups is 2. The smallest absolute Gasteiger partial charge is 0.322 e. The van der Waals surface area contributed by atoms with Gasteiger partial charge in [-0.15, -0.1) is 0 Å². The molecule has 1 aromatic carbocycles. The number of anilines is 2. The minimum Gasteiger partial charge on any atom is -0.380 e. The number of nitrogens with one attached hydrogen (secondary N) is 2. The second-order valence-electron chi connectivity index (χ2n) is 7.78. The summed E-state index contributed by atoms with van der Waals surface area (Å²) >= 11 is 0. The predicted octanol–water partition coefficient (Wildman–Crippen LogP) is 3.28. The highest BCUT2D eigenvalue weighted by Crippen LogP contribution is 2.22. The van der Waals surface area contributed by atoms with Gasteiger partial charge in [-0.3, -0.25) is 0 Å². The van der Waals surface area contributed by atoms with Gasteiger partial charge >= 0.3 is 12.1 Å². The lowest BCUT2D eigenvalue weighted by Crippen LogP contribution is -2.42. The van der Waals surface area contributed by atoms with E-state index in [1.54, 1.807) is 9.80 Å². The van der Waals surface area contributed by atoms with Crippen molar-refractivity contribution in [2.45, 2.75) is 45.7 Å². The van der Waals surface area contributed by atoms with Crippen LogP contribution in [0, 0.1) is 6.92 Å². The quantitative estimate of drug-likeness (QED) is 0.792. The molecule has 160 valence electrons. The van der Waals surface area contributed by atoms with E-state index < -0.39 is 0 Å². The maximum atomic E-state index is 12.8. The van der Waals surface area contributed by atoms with Crippen LogP contribution in [-0.4, -0.2) is 73.5 Å². The van der Waals surface area contributed by atoms with Crippen molar-refractivity contribution in [3.8, 4) is 0 Å². The average Bonchev–Trinajstić information content (AvgIpc) is 3.04. The van der Waals surface area contributed by atoms with Gasteiger partial charge in [-0.25, -0.2) is 9.59 Å². The molecule has 0 aromatic heterocycles. The molecule has 2 atom stereocenters. The first-order valence-corrected chi connectivity index (χ1v) is 10.4. The lowest BCUT2D eigenvalue weighted by atomic mass is 10.1. The molecule has 8 heteroatoms. The van der Waals surface area contributed by atoms with Gasteiger partial charge in [-0.05, 0) is 51.3 Å². The van der Waals surface area contributed by atoms with E-state index in [1.165, 1.54) is 0 Å². The Labute approximate surface area is 172 Å². The molecule has 0 bridgehead atoms. The third kappa shape index (κ3) is 5.61. The molecule has 0 aliphatic carbocycles. The van der Waals surface area contributed by atoms with Gasteiger partial charge in [0.05, 0.1) is 13.2 Å². The fraction of sp³-hybridized carbons (Fsp3) is 0.619. The zero-order valence-corrected chi connectivity index (χ0v) is 17.6. The lowest BCUT2D eigenvalue weighted by Gasteiger charge is -2.28. The van der Waals surface area contributed by atoms with Crippen molar-refractivity contribution in [2.24, 2.45) is 0 Å². The van der Waals surface area contributed by atoms with Crippen LogP contribution < -0.4 is 10.6 Å². The summed E-state index contributed by atoms with van der Waals surface area (Å²) in [5.74, 6) is 0. The minimum atomic E-state index is -0.151. The number of hydrogen-bond donors (Lipinski definition) is 2. The molecule has 2 aliphatic rings. The first kappa shape index (κ1) is 21.4. The minimum absolute atomic E-state index is 0.118. The van der Waals surface area contributed by atoms with E-state index in [-0.39, 0.29) is 24.1 Å². The first-order valence-electron chi connectivity index (χ1n) is 10.4. The highest BCUT2D eigenvalue weighted by molar-refractivity contribution is 5.93. The van der Waals surface area contributed by atoms with E-state index >= 15 is 0 Å². The molecular weight excluding hydrogens is 372 g/mol. The van der Waals surface area contributed by atoms with Crippen molar-refractivity contribution in [2.75, 3.05) is 50.2 Å². The van der Waals surface area contributed by atoms with Gasteiger partial charge in [0.1, 0.15) is 0 Å². The zero-order chi connectivity index (χ0) is 20.8. The molecule has 29 heavy (non-hydrogen) atoms. The molecule has 4 amide bonds. The number of carbonyl (C=O) groups is 2. The molecule has 0 unspecified atom stereocenters. The number of carbonyl (C=O) groups excluding carboxylic acids is 2. The van der Waals surface area contributed by atoms with Crippen LogP contribution in [0.3, 0.4) is 0 Å². The number of ether oxygens (including phenoxy) is 2. The Hall–Kier alpha value is -2.32. The fourth-order valence-electron chi connectivity index (χ4n) is 3.61. The Bertz CT molecular complexity index is 727. The third-order valence-corrected chi connectivity index (χ3v) is 5.63. The Balaban J connectivity index is 1.67. The summed E-state index contributed by atoms with van der Waals surface area (Å²) in [6, 6.07) is 5.50. The van der Waals surface area contributed by atoms with E-state index in [2.05, 4.69) is 10.6 Å². The summed E-state index contributed by atoms with van der Waals surface area (Å²) in [6.07, 6.45) is 1.64. The van der Waals surface area contributed by atoms with Crippen LogP contribution in [0.4, 0.5) is 21.0 Å². The second-order valence-corrected chi connectivity index (χ2v) is 7.78. The second kappa shape index (κ2) is 9.93. The van der Waals surface area contributed by atoms with Crippen LogP contribution in [-0.2, 0) is 9.47 Å². The monoisotopic (exact) mass is 404 g/mol. The van der Waals surface area contributed by atoms with Gasteiger partial charge in [0.15, 0.2) is 0 Å². The van der Waals surface area contributed by atoms with Gasteiger partial charge in [-0.2, -0.15) is 0 Å². The van der Waals surface area contributed by atoms with E-state index in [1.807, 2.05) is 39.0 Å². The fourth-order valence-corrected chi connectivity index (χ4v) is 3.61. The van der Waals surface area contributed by atoms with Crippen molar-refractivity contribution in [1.29, 1.82) is 0 Å². The average molecular weight is 405 g/mol. The summed E-state index contributed by atoms with van der Waals surface area (Å²) in [5.41, 5.74) is 2.28. The van der Waals surface area contributed by atoms with Gasteiger partial charge < -0.3 is 29.9 Å². The standard InChI is InChI=1S/C21H32N4O4/c1-15-4-5-18(22-20(26)24-8-12-28-10-6-16(24)2)14-19(15)23-21(27)25-9-13-29-11-7-17(25)3/h4-5,14,16-17H,6-13H2,1-3H3,(H,22,26)(H,23,27)/t16-,17+/m0/s1. The summed E-state index contributed by atoms with van der Waals surface area (Å²) < 4.78 is 10.9. The number of benzene rings is 1. The van der Waals surface area contributed by atoms with Gasteiger partial charge in [-0.1, -0.05) is 6.07 Å². The topological polar surface area (TPSA) is 83.1 Å². The molecule has 0 spiro atoms. The molecule has 2 aliphatic heterocycles. The maximum Gasteiger partial charge on any atom is 0.322 e. The van der Waals surface area contributed by atoms with Crippen LogP contribution in [0.15, 0.2) is 18.2 Å². The Morgan fingerprint density at radius 2 is 1.45 bits per heavy atom. The molecule has 2 saturated heterocycles. The normalized spacial score (nSPS) is 23.1. The summed E-state index contributed by atoms with van der Waals surface area (Å²) in [5, 5.41) is 5.95. The SMILES string of the molecule is Cc1ccc(NC(=O)N2CCOCC[C@@H]2C)cc1NC(=O)N1CCOCC[C@H]1C. The predicted molar refractivity (Wildman–Crippen MR) is 112 cm³/mol. The van der Waals surface area contributed by atoms with Crippen molar-refractivity contribution in [3.63, 3.8) is 0 Å². The number of hydrogen-bond acceptors (Lipinski definition) is 4. The molecular formula is C21H32N4O4. The Kier molecular flexibility index (Phi) is 7.33. The van der Waals surface area contributed by atoms with Gasteiger partial charge in [0.25, 0.3) is 0 Å². The van der Waals surface area contributed by atoms with E-state index in [0.717, 1.165) is 18.4 Å². The maximum absolute atomic E-state index is 12.8. The van der Waals surface area contributed by atoms with Crippen LogP contribution in [0.2, 0.25) is 0 Å². The van der Waals surface area contributed by atoms with Crippen molar-refractivity contribution >= 4 is 23.4 Å². The molecule has 3 rings (SSSR count). The van der Waals surface area contributed by atoms with Crippen molar-refractivity contribution in [3.05, 3.63) is 23.8 Å². The summed E-state index contributed by atoms with van der Waals surface area (Å²) in [7, 11) is 0. The van der Waals surface area contributed by atoms with Crippen molar-refractivity contribution in [1.82, 2.24) is 9.80 Å². The van der Waals surface area contributed by atoms with Crippen LogP contribution in [0.1, 0.15) is 32.3 Å². The molecule has 1 aromatic rings. The van der Waals surface area contributed by atoms with Crippen LogP contribution in [0.5, 0.6) is 0 Å². The summed E-state index contributed by atoms with van der Waals surface area (Å²) in [6.45, 7) is 9.57. The van der Waals surface area contributed by atoms with Gasteiger partial charge in [0.2, 0.25) is 0 Å².